The van der Waals surface area contributed by atoms with Crippen LogP contribution in [-0.2, 0) is 4.74 Å². The normalized spacial score (nSPS) is 21.4. The molecule has 2 aliphatic heterocycles. The first-order chi connectivity index (χ1) is 13.6. The minimum Gasteiger partial charge on any atom is -0.435 e. The lowest BCUT2D eigenvalue weighted by Crippen LogP contribution is -2.44. The van der Waals surface area contributed by atoms with Crippen LogP contribution in [0.5, 0.6) is 5.75 Å². The first kappa shape index (κ1) is 19.3. The van der Waals surface area contributed by atoms with Crippen LogP contribution < -0.4 is 9.64 Å². The first-order valence-corrected chi connectivity index (χ1v) is 10.00. The van der Waals surface area contributed by atoms with E-state index < -0.39 is 6.61 Å². The number of nitrogens with zero attached hydrogens (tertiary/aromatic N) is 3. The van der Waals surface area contributed by atoms with Crippen LogP contribution in [0.3, 0.4) is 0 Å². The number of hydrogen-bond donors (Lipinski definition) is 0. The van der Waals surface area contributed by atoms with Crippen LogP contribution in [0.1, 0.15) is 18.5 Å². The summed E-state index contributed by atoms with van der Waals surface area (Å²) in [5.74, 6) is 0.771. The molecule has 0 spiro atoms. The monoisotopic (exact) mass is 391 g/mol. The highest BCUT2D eigenvalue weighted by molar-refractivity contribution is 5.93. The fraction of sp³-hybridized carbons (Fsp3) is 0.571. The molecule has 0 N–H and O–H groups in total. The summed E-state index contributed by atoms with van der Waals surface area (Å²) in [6.07, 6.45) is 2.35. The number of halogens is 2. The van der Waals surface area contributed by atoms with Gasteiger partial charge < -0.3 is 14.4 Å². The zero-order valence-corrected chi connectivity index (χ0v) is 16.2. The molecular formula is C21H27F2N3O2. The molecule has 0 radical (unpaired) electrons. The van der Waals surface area contributed by atoms with Gasteiger partial charge in [-0.05, 0) is 49.9 Å². The van der Waals surface area contributed by atoms with Gasteiger partial charge in [0.2, 0.25) is 0 Å². The smallest absolute Gasteiger partial charge is 0.387 e. The first-order valence-electron chi connectivity index (χ1n) is 10.00. The molecule has 152 valence electrons. The molecule has 1 unspecified atom stereocenters. The topological polar surface area (TPSA) is 37.8 Å². The maximum absolute atomic E-state index is 12.7. The van der Waals surface area contributed by atoms with Crippen molar-refractivity contribution in [2.45, 2.75) is 26.4 Å². The lowest BCUT2D eigenvalue weighted by molar-refractivity contribution is -0.0497. The maximum atomic E-state index is 12.7. The Labute approximate surface area is 164 Å². The summed E-state index contributed by atoms with van der Waals surface area (Å²) >= 11 is 0. The van der Waals surface area contributed by atoms with Crippen LogP contribution in [0.2, 0.25) is 0 Å². The van der Waals surface area contributed by atoms with Crippen LogP contribution in [0.25, 0.3) is 10.9 Å². The number of rotatable bonds is 5. The van der Waals surface area contributed by atoms with Gasteiger partial charge in [-0.25, -0.2) is 0 Å². The van der Waals surface area contributed by atoms with Crippen molar-refractivity contribution in [3.63, 3.8) is 0 Å². The molecule has 7 heteroatoms. The number of aryl methyl sites for hydroxylation is 1. The summed E-state index contributed by atoms with van der Waals surface area (Å²) in [5, 5.41) is 0.871. The third-order valence-corrected chi connectivity index (χ3v) is 5.59. The van der Waals surface area contributed by atoms with Crippen molar-refractivity contribution in [2.75, 3.05) is 50.8 Å². The predicted molar refractivity (Wildman–Crippen MR) is 105 cm³/mol. The number of hydrogen-bond acceptors (Lipinski definition) is 5. The number of ether oxygens (including phenoxy) is 2. The maximum Gasteiger partial charge on any atom is 0.387 e. The molecule has 2 aliphatic rings. The average Bonchev–Trinajstić information content (AvgIpc) is 2.68. The van der Waals surface area contributed by atoms with Crippen molar-refractivity contribution in [2.24, 2.45) is 5.92 Å². The summed E-state index contributed by atoms with van der Waals surface area (Å²) in [6, 6.07) is 7.07. The van der Waals surface area contributed by atoms with Crippen LogP contribution in [-0.4, -0.2) is 62.4 Å². The summed E-state index contributed by atoms with van der Waals surface area (Å²) in [4.78, 5) is 9.45. The van der Waals surface area contributed by atoms with Crippen LogP contribution in [0.4, 0.5) is 14.5 Å². The molecule has 1 aromatic carbocycles. The van der Waals surface area contributed by atoms with E-state index in [4.69, 9.17) is 4.74 Å². The van der Waals surface area contributed by atoms with Gasteiger partial charge in [0.1, 0.15) is 5.75 Å². The number of piperidine rings is 1. The third kappa shape index (κ3) is 4.52. The molecule has 0 aliphatic carbocycles. The fourth-order valence-electron chi connectivity index (χ4n) is 4.34. The second-order valence-corrected chi connectivity index (χ2v) is 7.71. The van der Waals surface area contributed by atoms with Crippen LogP contribution in [0.15, 0.2) is 24.3 Å². The average molecular weight is 391 g/mol. The van der Waals surface area contributed by atoms with E-state index >= 15 is 0 Å². The number of aromatic nitrogens is 1. The van der Waals surface area contributed by atoms with E-state index in [0.717, 1.165) is 74.6 Å². The van der Waals surface area contributed by atoms with Crippen molar-refractivity contribution in [1.29, 1.82) is 0 Å². The molecule has 2 fully saturated rings. The minimum atomic E-state index is -2.83. The summed E-state index contributed by atoms with van der Waals surface area (Å²) in [5.41, 5.74) is 2.81. The zero-order valence-electron chi connectivity index (χ0n) is 16.2. The van der Waals surface area contributed by atoms with E-state index in [1.54, 1.807) is 18.2 Å². The number of morpholine rings is 1. The van der Waals surface area contributed by atoms with Crippen molar-refractivity contribution in [3.05, 3.63) is 30.0 Å². The highest BCUT2D eigenvalue weighted by atomic mass is 19.3. The Balaban J connectivity index is 1.57. The Morgan fingerprint density at radius 3 is 2.82 bits per heavy atom. The van der Waals surface area contributed by atoms with Crippen LogP contribution >= 0.6 is 0 Å². The molecule has 3 heterocycles. The number of anilines is 1. The number of pyridine rings is 1. The third-order valence-electron chi connectivity index (χ3n) is 5.59. The molecule has 2 saturated heterocycles. The second kappa shape index (κ2) is 8.57. The predicted octanol–water partition coefficient (Wildman–Crippen LogP) is 3.69. The largest absolute Gasteiger partial charge is 0.435 e. The van der Waals surface area contributed by atoms with E-state index in [-0.39, 0.29) is 5.75 Å². The van der Waals surface area contributed by atoms with Gasteiger partial charge in [-0.3, -0.25) is 9.88 Å². The Hall–Kier alpha value is -1.99. The van der Waals surface area contributed by atoms with Gasteiger partial charge >= 0.3 is 6.61 Å². The Kier molecular flexibility index (Phi) is 5.92. The van der Waals surface area contributed by atoms with E-state index in [2.05, 4.69) is 25.6 Å². The molecule has 2 aromatic rings. The van der Waals surface area contributed by atoms with E-state index in [1.165, 1.54) is 6.42 Å². The molecule has 28 heavy (non-hydrogen) atoms. The molecular weight excluding hydrogens is 364 g/mol. The Morgan fingerprint density at radius 2 is 2.04 bits per heavy atom. The SMILES string of the molecule is Cc1cc(N2CCCC(CN3CCOCC3)C2)c2cc(OC(F)F)ccc2n1. The lowest BCUT2D eigenvalue weighted by Gasteiger charge is -2.38. The van der Waals surface area contributed by atoms with Crippen molar-refractivity contribution >= 4 is 16.6 Å². The number of fused-ring (bicyclic) bond motifs is 1. The number of benzene rings is 1. The molecule has 1 atom stereocenters. The van der Waals surface area contributed by atoms with Gasteiger partial charge in [0.15, 0.2) is 0 Å². The lowest BCUT2D eigenvalue weighted by atomic mass is 9.96. The quantitative estimate of drug-likeness (QED) is 0.777. The van der Waals surface area contributed by atoms with Gasteiger partial charge in [-0.2, -0.15) is 8.78 Å². The summed E-state index contributed by atoms with van der Waals surface area (Å²) in [7, 11) is 0. The minimum absolute atomic E-state index is 0.177. The van der Waals surface area contributed by atoms with Crippen LogP contribution in [0, 0.1) is 12.8 Å². The van der Waals surface area contributed by atoms with Gasteiger partial charge in [0.25, 0.3) is 0 Å². The molecule has 0 bridgehead atoms. The van der Waals surface area contributed by atoms with Crippen molar-refractivity contribution < 1.29 is 18.3 Å². The van der Waals surface area contributed by atoms with Crippen molar-refractivity contribution in [3.8, 4) is 5.75 Å². The highest BCUT2D eigenvalue weighted by Crippen LogP contribution is 2.33. The standard InChI is InChI=1S/C21H27F2N3O2/c1-15-11-20(18-12-17(28-21(22)23)4-5-19(18)24-15)26-6-2-3-16(14-26)13-25-7-9-27-10-8-25/h4-5,11-12,16,21H,2-3,6-10,13-14H2,1H3. The van der Waals surface area contributed by atoms with Gasteiger partial charge in [-0.1, -0.05) is 0 Å². The zero-order chi connectivity index (χ0) is 19.5. The Bertz CT molecular complexity index is 812. The van der Waals surface area contributed by atoms with Gasteiger partial charge in [0.05, 0.1) is 18.7 Å². The van der Waals surface area contributed by atoms with Crippen molar-refractivity contribution in [1.82, 2.24) is 9.88 Å². The van der Waals surface area contributed by atoms with E-state index in [9.17, 15) is 8.78 Å². The fourth-order valence-corrected chi connectivity index (χ4v) is 4.34. The molecule has 5 nitrogen and oxygen atoms in total. The second-order valence-electron chi connectivity index (χ2n) is 7.71. The van der Waals surface area contributed by atoms with E-state index in [0.29, 0.717) is 5.92 Å². The molecule has 0 saturated carbocycles. The summed E-state index contributed by atoms with van der Waals surface area (Å²) in [6.45, 7) is 5.81. The van der Waals surface area contributed by atoms with Gasteiger partial charge in [0, 0.05) is 49.5 Å². The highest BCUT2D eigenvalue weighted by Gasteiger charge is 2.24. The van der Waals surface area contributed by atoms with E-state index in [1.807, 2.05) is 6.92 Å². The Morgan fingerprint density at radius 1 is 1.21 bits per heavy atom. The molecule has 0 amide bonds. The summed E-state index contributed by atoms with van der Waals surface area (Å²) < 4.78 is 35.4. The number of alkyl halides is 2. The molecule has 4 rings (SSSR count). The molecule has 1 aromatic heterocycles. The van der Waals surface area contributed by atoms with Gasteiger partial charge in [-0.15, -0.1) is 0 Å².